The molecule has 0 aliphatic rings. The molecule has 0 saturated heterocycles. The Morgan fingerprint density at radius 1 is 1.12 bits per heavy atom. The van der Waals surface area contributed by atoms with Gasteiger partial charge in [-0.1, -0.05) is 52.7 Å². The predicted octanol–water partition coefficient (Wildman–Crippen LogP) is 4.51. The van der Waals surface area contributed by atoms with Crippen LogP contribution in [-0.4, -0.2) is 50.0 Å². The first-order valence-corrected chi connectivity index (χ1v) is 13.9. The molecule has 7 nitrogen and oxygen atoms in total. The van der Waals surface area contributed by atoms with Crippen molar-refractivity contribution in [2.45, 2.75) is 52.7 Å². The summed E-state index contributed by atoms with van der Waals surface area (Å²) in [4.78, 5) is 27.8. The summed E-state index contributed by atoms with van der Waals surface area (Å²) in [5.41, 5.74) is 1.68. The van der Waals surface area contributed by atoms with Crippen molar-refractivity contribution in [2.24, 2.45) is 0 Å². The maximum Gasteiger partial charge on any atom is 0.244 e. The van der Waals surface area contributed by atoms with Gasteiger partial charge < -0.3 is 10.2 Å². The third-order valence-electron chi connectivity index (χ3n) is 5.62. The van der Waals surface area contributed by atoms with Crippen molar-refractivity contribution in [2.75, 3.05) is 17.1 Å². The van der Waals surface area contributed by atoms with Crippen LogP contribution in [0, 0.1) is 6.92 Å². The van der Waals surface area contributed by atoms with Gasteiger partial charge in [0.05, 0.1) is 11.9 Å². The Bertz CT molecular complexity index is 1130. The van der Waals surface area contributed by atoms with Crippen LogP contribution in [0.15, 0.2) is 46.9 Å². The molecule has 2 rings (SSSR count). The summed E-state index contributed by atoms with van der Waals surface area (Å²) >= 11 is 9.60. The van der Waals surface area contributed by atoms with Gasteiger partial charge in [-0.15, -0.1) is 0 Å². The second kappa shape index (κ2) is 12.0. The van der Waals surface area contributed by atoms with Crippen LogP contribution < -0.4 is 9.62 Å². The number of anilines is 1. The molecule has 186 valence electrons. The lowest BCUT2D eigenvalue weighted by molar-refractivity contribution is -0.139. The summed E-state index contributed by atoms with van der Waals surface area (Å²) in [6, 6.07) is 11.4. The molecule has 0 fully saturated rings. The molecule has 0 bridgehead atoms. The summed E-state index contributed by atoms with van der Waals surface area (Å²) < 4.78 is 27.2. The fraction of sp³-hybridized carbons (Fsp3) is 0.417. The molecule has 0 aliphatic carbocycles. The molecule has 0 unspecified atom stereocenters. The molecule has 2 aromatic rings. The molecule has 0 heterocycles. The largest absolute Gasteiger partial charge is 0.352 e. The third-order valence-corrected chi connectivity index (χ3v) is 7.69. The molecular weight excluding hydrogens is 542 g/mol. The molecule has 2 atom stereocenters. The number of rotatable bonds is 10. The van der Waals surface area contributed by atoms with Crippen molar-refractivity contribution in [1.82, 2.24) is 10.2 Å². The van der Waals surface area contributed by atoms with E-state index in [-0.39, 0.29) is 18.5 Å². The minimum atomic E-state index is -3.81. The number of nitrogens with zero attached hydrogens (tertiary/aromatic N) is 2. The van der Waals surface area contributed by atoms with Crippen molar-refractivity contribution >= 4 is 55.1 Å². The van der Waals surface area contributed by atoms with Crippen LogP contribution in [-0.2, 0) is 26.2 Å². The molecule has 0 saturated carbocycles. The fourth-order valence-electron chi connectivity index (χ4n) is 3.30. The molecular formula is C24H31BrClN3O4S. The van der Waals surface area contributed by atoms with Crippen molar-refractivity contribution in [3.05, 3.63) is 63.1 Å². The summed E-state index contributed by atoms with van der Waals surface area (Å²) in [6.07, 6.45) is 1.79. The minimum Gasteiger partial charge on any atom is -0.352 e. The monoisotopic (exact) mass is 571 g/mol. The number of amides is 2. The van der Waals surface area contributed by atoms with Crippen LogP contribution in [0.4, 0.5) is 5.69 Å². The Morgan fingerprint density at radius 2 is 1.74 bits per heavy atom. The molecule has 1 N–H and O–H groups in total. The first kappa shape index (κ1) is 28.1. The van der Waals surface area contributed by atoms with E-state index in [2.05, 4.69) is 21.2 Å². The molecule has 2 amide bonds. The highest BCUT2D eigenvalue weighted by Gasteiger charge is 2.31. The van der Waals surface area contributed by atoms with Crippen LogP contribution in [0.3, 0.4) is 0 Å². The normalized spacial score (nSPS) is 13.1. The molecule has 0 aliphatic heterocycles. The minimum absolute atomic E-state index is 0.0544. The SMILES string of the molecule is CC[C@@H](C)NC(=O)[C@@H](C)N(Cc1ccc(Br)cc1)C(=O)CN(c1cccc(Cl)c1C)S(C)(=O)=O. The van der Waals surface area contributed by atoms with Crippen molar-refractivity contribution in [3.63, 3.8) is 0 Å². The van der Waals surface area contributed by atoms with Crippen LogP contribution in [0.1, 0.15) is 38.3 Å². The van der Waals surface area contributed by atoms with Gasteiger partial charge in [0.15, 0.2) is 0 Å². The Hall–Kier alpha value is -2.10. The highest BCUT2D eigenvalue weighted by atomic mass is 79.9. The molecule has 0 spiro atoms. The number of nitrogens with one attached hydrogen (secondary N) is 1. The van der Waals surface area contributed by atoms with Gasteiger partial charge in [0, 0.05) is 22.1 Å². The number of carbonyl (C=O) groups is 2. The fourth-order valence-corrected chi connectivity index (χ4v) is 4.63. The van der Waals surface area contributed by atoms with E-state index in [0.717, 1.165) is 27.0 Å². The Balaban J connectivity index is 2.42. The molecule has 2 aromatic carbocycles. The number of hydrogen-bond donors (Lipinski definition) is 1. The average Bonchev–Trinajstić information content (AvgIpc) is 2.77. The summed E-state index contributed by atoms with van der Waals surface area (Å²) in [7, 11) is -3.81. The maximum atomic E-state index is 13.5. The van der Waals surface area contributed by atoms with E-state index >= 15 is 0 Å². The summed E-state index contributed by atoms with van der Waals surface area (Å²) in [5, 5.41) is 3.30. The van der Waals surface area contributed by atoms with E-state index in [4.69, 9.17) is 11.6 Å². The van der Waals surface area contributed by atoms with Gasteiger partial charge in [-0.25, -0.2) is 8.42 Å². The molecule has 34 heavy (non-hydrogen) atoms. The quantitative estimate of drug-likeness (QED) is 0.454. The maximum absolute atomic E-state index is 13.5. The predicted molar refractivity (Wildman–Crippen MR) is 140 cm³/mol. The van der Waals surface area contributed by atoms with E-state index in [9.17, 15) is 18.0 Å². The zero-order chi connectivity index (χ0) is 25.6. The van der Waals surface area contributed by atoms with Crippen LogP contribution in [0.25, 0.3) is 0 Å². The lowest BCUT2D eigenvalue weighted by Gasteiger charge is -2.32. The highest BCUT2D eigenvalue weighted by Crippen LogP contribution is 2.28. The van der Waals surface area contributed by atoms with Crippen molar-refractivity contribution in [1.29, 1.82) is 0 Å². The van der Waals surface area contributed by atoms with Crippen molar-refractivity contribution < 1.29 is 18.0 Å². The van der Waals surface area contributed by atoms with Gasteiger partial charge in [-0.3, -0.25) is 13.9 Å². The van der Waals surface area contributed by atoms with E-state index in [1.165, 1.54) is 4.90 Å². The van der Waals surface area contributed by atoms with E-state index in [1.807, 2.05) is 38.1 Å². The first-order chi connectivity index (χ1) is 15.8. The number of hydrogen-bond acceptors (Lipinski definition) is 4. The topological polar surface area (TPSA) is 86.8 Å². The summed E-state index contributed by atoms with van der Waals surface area (Å²) in [6.45, 7) is 6.87. The number of benzene rings is 2. The third kappa shape index (κ3) is 7.45. The highest BCUT2D eigenvalue weighted by molar-refractivity contribution is 9.10. The number of halogens is 2. The smallest absolute Gasteiger partial charge is 0.244 e. The van der Waals surface area contributed by atoms with Crippen LogP contribution in [0.5, 0.6) is 0 Å². The second-order valence-corrected chi connectivity index (χ2v) is 11.5. The zero-order valence-corrected chi connectivity index (χ0v) is 23.2. The van der Waals surface area contributed by atoms with E-state index < -0.39 is 28.5 Å². The average molecular weight is 573 g/mol. The lowest BCUT2D eigenvalue weighted by atomic mass is 10.1. The molecule has 10 heteroatoms. The van der Waals surface area contributed by atoms with Gasteiger partial charge in [-0.2, -0.15) is 0 Å². The Labute approximate surface area is 215 Å². The lowest BCUT2D eigenvalue weighted by Crippen LogP contribution is -2.52. The van der Waals surface area contributed by atoms with Crippen LogP contribution >= 0.6 is 27.5 Å². The van der Waals surface area contributed by atoms with Crippen LogP contribution in [0.2, 0.25) is 5.02 Å². The van der Waals surface area contributed by atoms with Gasteiger partial charge in [-0.05, 0) is 62.6 Å². The molecule has 0 aromatic heterocycles. The number of sulfonamides is 1. The van der Waals surface area contributed by atoms with Gasteiger partial charge in [0.1, 0.15) is 12.6 Å². The van der Waals surface area contributed by atoms with E-state index in [0.29, 0.717) is 16.3 Å². The Morgan fingerprint density at radius 3 is 2.29 bits per heavy atom. The van der Waals surface area contributed by atoms with E-state index in [1.54, 1.807) is 32.0 Å². The number of carbonyl (C=O) groups excluding carboxylic acids is 2. The second-order valence-electron chi connectivity index (χ2n) is 8.30. The van der Waals surface area contributed by atoms with Crippen molar-refractivity contribution in [3.8, 4) is 0 Å². The standard InChI is InChI=1S/C24H31BrClN3O4S/c1-6-16(2)27-24(31)18(4)28(14-19-10-12-20(25)13-11-19)23(30)15-29(34(5,32)33)22-9-7-8-21(26)17(22)3/h7-13,16,18H,6,14-15H2,1-5H3,(H,27,31)/t16-,18-/m1/s1. The molecule has 0 radical (unpaired) electrons. The summed E-state index contributed by atoms with van der Waals surface area (Å²) in [5.74, 6) is -0.802. The zero-order valence-electron chi connectivity index (χ0n) is 20.0. The first-order valence-electron chi connectivity index (χ1n) is 10.9. The van der Waals surface area contributed by atoms with Gasteiger partial charge in [0.2, 0.25) is 21.8 Å². The van der Waals surface area contributed by atoms with Gasteiger partial charge >= 0.3 is 0 Å². The Kier molecular flexibility index (Phi) is 9.96. The van der Waals surface area contributed by atoms with Gasteiger partial charge in [0.25, 0.3) is 0 Å².